The maximum atomic E-state index is 13.7. The number of amides is 4. The highest BCUT2D eigenvalue weighted by Crippen LogP contribution is 2.51. The molecule has 0 aliphatic carbocycles. The topological polar surface area (TPSA) is 267 Å². The Kier molecular flexibility index (Phi) is 14.7. The summed E-state index contributed by atoms with van der Waals surface area (Å²) in [5.41, 5.74) is 34.7. The molecule has 2 aliphatic rings. The van der Waals surface area contributed by atoms with Gasteiger partial charge in [0.15, 0.2) is 0 Å². The van der Waals surface area contributed by atoms with E-state index in [0.717, 1.165) is 11.0 Å². The molecule has 8 bridgehead atoms. The second-order valence-electron chi connectivity index (χ2n) is 17.0. The third kappa shape index (κ3) is 10.4. The first-order valence-corrected chi connectivity index (χ1v) is 23.7. The number of H-pyrrole nitrogens is 1. The first-order chi connectivity index (χ1) is 35.2. The van der Waals surface area contributed by atoms with Gasteiger partial charge >= 0.3 is 0 Å². The van der Waals surface area contributed by atoms with E-state index in [1.165, 1.54) is 0 Å². The van der Waals surface area contributed by atoms with Crippen LogP contribution in [0, 0.1) is 0 Å². The van der Waals surface area contributed by atoms with Crippen molar-refractivity contribution in [1.29, 1.82) is 0 Å². The second kappa shape index (κ2) is 21.9. The zero-order valence-corrected chi connectivity index (χ0v) is 39.4. The Balaban J connectivity index is 1.62. The minimum absolute atomic E-state index is 0.0497. The molecule has 9 rings (SSSR count). The molecule has 5 heterocycles. The highest BCUT2D eigenvalue weighted by Gasteiger charge is 2.30. The van der Waals surface area contributed by atoms with Crippen molar-refractivity contribution in [3.8, 4) is 39.1 Å². The standard InChI is InChI=1S/C56H54N12O4/c57-27-23-49(69)64-42-12-4-1-9-39(42)53-46-22-21-37(63-46)32-36-18-17-34(61-36)31-35-19-20-38(62-35)33-48-54(40-10-2-5-13-43(40)65-50(70)24-28-58)55(41-11-3-6-14-44(41)66-51(71)25-29-59)56(53)68(48)47-16-8-7-15-45(47)67-52(72)26-30-60/h1-22,31-33,61H,23-30,57-60H2,(H,64,69)(H,65,70)(H,66,71)(H,67,72). The number of para-hydroxylation sites is 5. The van der Waals surface area contributed by atoms with Crippen molar-refractivity contribution in [3.05, 3.63) is 150 Å². The summed E-state index contributed by atoms with van der Waals surface area (Å²) in [5.74, 6) is -1.21. The quantitative estimate of drug-likeness (QED) is 0.0447. The molecule has 4 aromatic carbocycles. The van der Waals surface area contributed by atoms with Crippen molar-refractivity contribution in [1.82, 2.24) is 19.5 Å². The fraction of sp³-hybridized carbons (Fsp3) is 0.143. The van der Waals surface area contributed by atoms with Gasteiger partial charge in [-0.1, -0.05) is 66.7 Å². The van der Waals surface area contributed by atoms with Gasteiger partial charge in [-0.2, -0.15) is 0 Å². The summed E-state index contributed by atoms with van der Waals surface area (Å²) < 4.78 is 2.05. The first-order valence-electron chi connectivity index (χ1n) is 23.7. The van der Waals surface area contributed by atoms with E-state index >= 15 is 0 Å². The molecule has 0 spiro atoms. The molecule has 362 valence electrons. The number of rotatable bonds is 16. The number of carbonyl (C=O) groups excluding carboxylic acids is 4. The van der Waals surface area contributed by atoms with Crippen LogP contribution in [-0.2, 0) is 19.2 Å². The van der Waals surface area contributed by atoms with Crippen LogP contribution in [0.4, 0.5) is 22.7 Å². The van der Waals surface area contributed by atoms with Crippen molar-refractivity contribution in [3.63, 3.8) is 0 Å². The third-order valence-electron chi connectivity index (χ3n) is 12.0. The van der Waals surface area contributed by atoms with Crippen LogP contribution in [0.3, 0.4) is 0 Å². The lowest BCUT2D eigenvalue weighted by molar-refractivity contribution is -0.116. The number of fused-ring (bicyclic) bond motifs is 8. The number of aromatic amines is 1. The average molecular weight is 959 g/mol. The molecule has 4 amide bonds. The van der Waals surface area contributed by atoms with Gasteiger partial charge in [-0.25, -0.2) is 9.97 Å². The Morgan fingerprint density at radius 1 is 0.444 bits per heavy atom. The summed E-state index contributed by atoms with van der Waals surface area (Å²) in [6.07, 6.45) is 7.91. The van der Waals surface area contributed by atoms with Crippen LogP contribution >= 0.6 is 0 Å². The fourth-order valence-electron chi connectivity index (χ4n) is 8.93. The van der Waals surface area contributed by atoms with Crippen molar-refractivity contribution in [2.45, 2.75) is 25.7 Å². The predicted molar refractivity (Wildman–Crippen MR) is 289 cm³/mol. The Hall–Kier alpha value is -8.80. The van der Waals surface area contributed by atoms with Crippen LogP contribution in [0.2, 0.25) is 0 Å². The minimum atomic E-state index is -0.306. The fourth-order valence-corrected chi connectivity index (χ4v) is 8.93. The number of hydrogen-bond acceptors (Lipinski definition) is 10. The lowest BCUT2D eigenvalue weighted by atomic mass is 9.91. The average Bonchev–Trinajstić information content (AvgIpc) is 4.18. The van der Waals surface area contributed by atoms with E-state index < -0.39 is 0 Å². The van der Waals surface area contributed by atoms with Gasteiger partial charge in [0.25, 0.3) is 0 Å². The van der Waals surface area contributed by atoms with Crippen LogP contribution in [0.1, 0.15) is 48.5 Å². The van der Waals surface area contributed by atoms with Crippen LogP contribution < -0.4 is 44.2 Å². The van der Waals surface area contributed by atoms with E-state index in [4.69, 9.17) is 32.9 Å². The minimum Gasteiger partial charge on any atom is -0.355 e. The molecular weight excluding hydrogens is 905 g/mol. The molecule has 3 aromatic heterocycles. The Morgan fingerprint density at radius 3 is 1.36 bits per heavy atom. The Labute approximate surface area is 415 Å². The molecule has 2 aliphatic heterocycles. The molecule has 0 radical (unpaired) electrons. The maximum Gasteiger partial charge on any atom is 0.225 e. The van der Waals surface area contributed by atoms with Crippen molar-refractivity contribution >= 4 is 92.7 Å². The maximum absolute atomic E-state index is 13.7. The van der Waals surface area contributed by atoms with E-state index in [9.17, 15) is 19.2 Å². The van der Waals surface area contributed by atoms with E-state index in [0.29, 0.717) is 95.6 Å². The van der Waals surface area contributed by atoms with Gasteiger partial charge in [0.1, 0.15) is 0 Å². The van der Waals surface area contributed by atoms with Crippen molar-refractivity contribution < 1.29 is 19.2 Å². The zero-order chi connectivity index (χ0) is 50.1. The van der Waals surface area contributed by atoms with Gasteiger partial charge in [0.05, 0.1) is 45.2 Å². The summed E-state index contributed by atoms with van der Waals surface area (Å²) in [4.78, 5) is 68.7. The van der Waals surface area contributed by atoms with Gasteiger partial charge in [-0.05, 0) is 85.0 Å². The van der Waals surface area contributed by atoms with E-state index in [1.807, 2.05) is 156 Å². The van der Waals surface area contributed by atoms with Gasteiger partial charge in [-0.15, -0.1) is 0 Å². The third-order valence-corrected chi connectivity index (χ3v) is 12.0. The highest BCUT2D eigenvalue weighted by atomic mass is 16.2. The number of anilines is 4. The van der Waals surface area contributed by atoms with Gasteiger partial charge in [-0.3, -0.25) is 19.2 Å². The number of nitrogens with one attached hydrogen (secondary N) is 5. The van der Waals surface area contributed by atoms with Gasteiger partial charge in [0.2, 0.25) is 23.6 Å². The first kappa shape index (κ1) is 48.2. The molecule has 0 saturated carbocycles. The van der Waals surface area contributed by atoms with E-state index in [-0.39, 0.29) is 75.5 Å². The Bertz CT molecular complexity index is 3480. The van der Waals surface area contributed by atoms with Crippen molar-refractivity contribution in [2.24, 2.45) is 22.9 Å². The van der Waals surface area contributed by atoms with E-state index in [2.05, 4.69) is 26.3 Å². The molecule has 7 aromatic rings. The largest absolute Gasteiger partial charge is 0.355 e. The molecule has 16 heteroatoms. The monoisotopic (exact) mass is 958 g/mol. The number of nitrogens with two attached hydrogens (primary N) is 4. The van der Waals surface area contributed by atoms with E-state index in [1.54, 1.807) is 0 Å². The summed E-state index contributed by atoms with van der Waals surface area (Å²) in [6, 6.07) is 39.6. The molecule has 16 nitrogen and oxygen atoms in total. The summed E-state index contributed by atoms with van der Waals surface area (Å²) in [6.45, 7) is 0.483. The summed E-state index contributed by atoms with van der Waals surface area (Å²) in [7, 11) is 0. The molecule has 72 heavy (non-hydrogen) atoms. The lowest BCUT2D eigenvalue weighted by Gasteiger charge is -2.19. The number of hydrogen-bond donors (Lipinski definition) is 9. The number of aromatic nitrogens is 4. The van der Waals surface area contributed by atoms with Gasteiger partial charge in [0, 0.05) is 113 Å². The molecule has 13 N–H and O–H groups in total. The number of nitrogens with zero attached hydrogens (tertiary/aromatic N) is 3. The second-order valence-corrected chi connectivity index (χ2v) is 17.0. The normalized spacial score (nSPS) is 11.6. The smallest absolute Gasteiger partial charge is 0.225 e. The SMILES string of the molecule is NCCC(=O)Nc1ccccc1-c1c(-c2ccccc2NC(=O)CCN)c2c(-c3ccccc3NC(=O)CCN)c3nc(cc4ccc(cc5nc(cc1n2-c1ccccc1NC(=O)CCN)C=C5)[nH]4)C=C3. The van der Waals surface area contributed by atoms with Gasteiger partial charge < -0.3 is 53.8 Å². The molecule has 0 saturated heterocycles. The predicted octanol–water partition coefficient (Wildman–Crippen LogP) is 8.27. The number of carbonyl (C=O) groups is 4. The molecule has 0 atom stereocenters. The molecule has 0 fully saturated rings. The van der Waals surface area contributed by atoms with Crippen molar-refractivity contribution in [2.75, 3.05) is 47.4 Å². The lowest BCUT2D eigenvalue weighted by Crippen LogP contribution is -2.17. The summed E-state index contributed by atoms with van der Waals surface area (Å²) in [5, 5.41) is 12.6. The van der Waals surface area contributed by atoms with Crippen LogP contribution in [-0.4, -0.2) is 69.3 Å². The summed E-state index contributed by atoms with van der Waals surface area (Å²) >= 11 is 0. The molecular formula is C56H54N12O4. The zero-order valence-electron chi connectivity index (χ0n) is 39.4. The Morgan fingerprint density at radius 2 is 0.847 bits per heavy atom. The van der Waals surface area contributed by atoms with Crippen LogP contribution in [0.5, 0.6) is 0 Å². The highest BCUT2D eigenvalue weighted by molar-refractivity contribution is 6.17. The number of benzene rings is 4. The molecule has 0 unspecified atom stereocenters. The van der Waals surface area contributed by atoms with Crippen LogP contribution in [0.25, 0.3) is 85.4 Å². The van der Waals surface area contributed by atoms with Crippen LogP contribution in [0.15, 0.2) is 127 Å².